The lowest BCUT2D eigenvalue weighted by atomic mass is 9.85. The SMILES string of the molecule is COC(=O)c1c(C)[nH]c(C(=O)COC(=O)CCN2C(=O)C3CC=CCC3C2=O)c1C. The van der Waals surface area contributed by atoms with Crippen LogP contribution >= 0.6 is 0 Å². The molecule has 1 saturated heterocycles. The fourth-order valence-electron chi connectivity index (χ4n) is 4.02. The van der Waals surface area contributed by atoms with Gasteiger partial charge in [-0.15, -0.1) is 0 Å². The summed E-state index contributed by atoms with van der Waals surface area (Å²) in [5, 5.41) is 0. The number of aromatic nitrogens is 1. The van der Waals surface area contributed by atoms with E-state index in [9.17, 15) is 24.0 Å². The highest BCUT2D eigenvalue weighted by Gasteiger charge is 2.46. The van der Waals surface area contributed by atoms with Crippen molar-refractivity contribution in [1.82, 2.24) is 9.88 Å². The number of H-pyrrole nitrogens is 1. The largest absolute Gasteiger partial charge is 0.465 e. The quantitative estimate of drug-likeness (QED) is 0.309. The summed E-state index contributed by atoms with van der Waals surface area (Å²) in [6.07, 6.45) is 4.67. The van der Waals surface area contributed by atoms with Gasteiger partial charge in [-0.3, -0.25) is 24.1 Å². The molecule has 0 aromatic carbocycles. The maximum atomic E-state index is 12.4. The molecule has 1 aromatic heterocycles. The molecule has 9 heteroatoms. The Morgan fingerprint density at radius 3 is 2.27 bits per heavy atom. The maximum absolute atomic E-state index is 12.4. The topological polar surface area (TPSA) is 123 Å². The minimum Gasteiger partial charge on any atom is -0.465 e. The van der Waals surface area contributed by atoms with Crippen LogP contribution < -0.4 is 0 Å². The molecule has 1 fully saturated rings. The van der Waals surface area contributed by atoms with Crippen LogP contribution in [0.25, 0.3) is 0 Å². The number of aryl methyl sites for hydroxylation is 1. The summed E-state index contributed by atoms with van der Waals surface area (Å²) in [7, 11) is 1.25. The zero-order valence-electron chi connectivity index (χ0n) is 17.1. The van der Waals surface area contributed by atoms with Gasteiger partial charge in [-0.2, -0.15) is 0 Å². The van der Waals surface area contributed by atoms with Gasteiger partial charge in [0.05, 0.1) is 36.6 Å². The van der Waals surface area contributed by atoms with Crippen molar-refractivity contribution in [3.8, 4) is 0 Å². The molecule has 1 aliphatic carbocycles. The second-order valence-electron chi connectivity index (χ2n) is 7.43. The molecule has 2 atom stereocenters. The van der Waals surface area contributed by atoms with Crippen molar-refractivity contribution in [2.45, 2.75) is 33.1 Å². The summed E-state index contributed by atoms with van der Waals surface area (Å²) in [6, 6.07) is 0. The zero-order chi connectivity index (χ0) is 22.0. The number of fused-ring (bicyclic) bond motifs is 1. The van der Waals surface area contributed by atoms with Gasteiger partial charge in [0.1, 0.15) is 0 Å². The molecule has 0 radical (unpaired) electrons. The fourth-order valence-corrected chi connectivity index (χ4v) is 4.02. The molecule has 30 heavy (non-hydrogen) atoms. The molecule has 1 aliphatic heterocycles. The number of allylic oxidation sites excluding steroid dienone is 2. The summed E-state index contributed by atoms with van der Waals surface area (Å²) < 4.78 is 9.72. The van der Waals surface area contributed by atoms with Crippen LogP contribution in [0.1, 0.15) is 51.4 Å². The van der Waals surface area contributed by atoms with Gasteiger partial charge in [-0.05, 0) is 32.3 Å². The third kappa shape index (κ3) is 3.92. The number of Topliss-reactive ketones (excluding diaryl/α,β-unsaturated/α-hetero) is 1. The van der Waals surface area contributed by atoms with Crippen molar-refractivity contribution in [3.63, 3.8) is 0 Å². The highest BCUT2D eigenvalue weighted by molar-refractivity contribution is 6.05. The van der Waals surface area contributed by atoms with Gasteiger partial charge in [-0.1, -0.05) is 12.2 Å². The monoisotopic (exact) mass is 416 g/mol. The summed E-state index contributed by atoms with van der Waals surface area (Å²) in [5.74, 6) is -2.95. The summed E-state index contributed by atoms with van der Waals surface area (Å²) in [5.41, 5.74) is 1.34. The van der Waals surface area contributed by atoms with E-state index in [1.165, 1.54) is 7.11 Å². The molecule has 0 bridgehead atoms. The fraction of sp³-hybridized carbons (Fsp3) is 0.476. The lowest BCUT2D eigenvalue weighted by Crippen LogP contribution is -2.33. The first-order valence-electron chi connectivity index (χ1n) is 9.72. The van der Waals surface area contributed by atoms with Crippen LogP contribution in [0, 0.1) is 25.7 Å². The van der Waals surface area contributed by atoms with E-state index >= 15 is 0 Å². The van der Waals surface area contributed by atoms with Gasteiger partial charge >= 0.3 is 11.9 Å². The van der Waals surface area contributed by atoms with Crippen molar-refractivity contribution in [2.75, 3.05) is 20.3 Å². The van der Waals surface area contributed by atoms with Gasteiger partial charge in [0, 0.05) is 12.2 Å². The summed E-state index contributed by atoms with van der Waals surface area (Å²) in [4.78, 5) is 65.0. The average Bonchev–Trinajstić information content (AvgIpc) is 3.17. The molecular weight excluding hydrogens is 392 g/mol. The zero-order valence-corrected chi connectivity index (χ0v) is 17.1. The highest BCUT2D eigenvalue weighted by atomic mass is 16.5. The Balaban J connectivity index is 1.53. The van der Waals surface area contributed by atoms with E-state index in [2.05, 4.69) is 4.98 Å². The normalized spacial score (nSPS) is 20.3. The van der Waals surface area contributed by atoms with E-state index in [1.807, 2.05) is 12.2 Å². The standard InChI is InChI=1S/C21H24N2O7/c1-11-17(21(28)29-3)12(2)22-18(11)15(24)10-30-16(25)8-9-23-19(26)13-6-4-5-7-14(13)20(23)27/h4-5,13-14,22H,6-10H2,1-3H3. The molecule has 1 N–H and O–H groups in total. The number of nitrogens with zero attached hydrogens (tertiary/aromatic N) is 1. The Morgan fingerprint density at radius 1 is 1.10 bits per heavy atom. The van der Waals surface area contributed by atoms with E-state index in [-0.39, 0.29) is 47.9 Å². The number of hydrogen-bond donors (Lipinski definition) is 1. The maximum Gasteiger partial charge on any atom is 0.339 e. The second-order valence-corrected chi connectivity index (χ2v) is 7.43. The number of nitrogens with one attached hydrogen (secondary N) is 1. The molecule has 160 valence electrons. The van der Waals surface area contributed by atoms with Gasteiger partial charge < -0.3 is 14.5 Å². The molecule has 9 nitrogen and oxygen atoms in total. The van der Waals surface area contributed by atoms with E-state index in [0.29, 0.717) is 24.1 Å². The molecule has 2 unspecified atom stereocenters. The first-order chi connectivity index (χ1) is 14.3. The number of aromatic amines is 1. The number of methoxy groups -OCH3 is 1. The van der Waals surface area contributed by atoms with E-state index in [1.54, 1.807) is 13.8 Å². The van der Waals surface area contributed by atoms with Crippen LogP contribution in [-0.4, -0.2) is 59.7 Å². The van der Waals surface area contributed by atoms with Crippen molar-refractivity contribution >= 4 is 29.5 Å². The molecule has 2 amide bonds. The van der Waals surface area contributed by atoms with E-state index in [4.69, 9.17) is 9.47 Å². The first-order valence-corrected chi connectivity index (χ1v) is 9.72. The third-order valence-electron chi connectivity index (χ3n) is 5.61. The summed E-state index contributed by atoms with van der Waals surface area (Å²) >= 11 is 0. The van der Waals surface area contributed by atoms with E-state index < -0.39 is 24.3 Å². The number of esters is 2. The van der Waals surface area contributed by atoms with Gasteiger partial charge in [-0.25, -0.2) is 4.79 Å². The van der Waals surface area contributed by atoms with Crippen LogP contribution in [0.3, 0.4) is 0 Å². The van der Waals surface area contributed by atoms with Gasteiger partial charge in [0.15, 0.2) is 6.61 Å². The average molecular weight is 416 g/mol. The number of carbonyl (C=O) groups excluding carboxylic acids is 5. The van der Waals surface area contributed by atoms with E-state index in [0.717, 1.165) is 4.90 Å². The summed E-state index contributed by atoms with van der Waals surface area (Å²) in [6.45, 7) is 2.66. The number of carbonyl (C=O) groups is 5. The predicted molar refractivity (Wildman–Crippen MR) is 104 cm³/mol. The minimum atomic E-state index is -0.689. The number of ketones is 1. The first kappa shape index (κ1) is 21.5. The Hall–Kier alpha value is -3.23. The Kier molecular flexibility index (Phi) is 6.19. The molecule has 3 rings (SSSR count). The number of imide groups is 1. The van der Waals surface area contributed by atoms with Crippen molar-refractivity contribution < 1.29 is 33.4 Å². The van der Waals surface area contributed by atoms with Crippen LogP contribution in [-0.2, 0) is 23.9 Å². The van der Waals surface area contributed by atoms with Gasteiger partial charge in [0.2, 0.25) is 17.6 Å². The minimum absolute atomic E-state index is 0.0647. The van der Waals surface area contributed by atoms with Crippen molar-refractivity contribution in [1.29, 1.82) is 0 Å². The Morgan fingerprint density at radius 2 is 1.70 bits per heavy atom. The second kappa shape index (κ2) is 8.64. The number of hydrogen-bond acceptors (Lipinski definition) is 7. The number of ether oxygens (including phenoxy) is 2. The molecule has 1 aromatic rings. The van der Waals surface area contributed by atoms with Crippen molar-refractivity contribution in [3.05, 3.63) is 34.7 Å². The molecule has 2 aliphatic rings. The van der Waals surface area contributed by atoms with Crippen LogP contribution in [0.5, 0.6) is 0 Å². The third-order valence-corrected chi connectivity index (χ3v) is 5.61. The molecule has 0 spiro atoms. The van der Waals surface area contributed by atoms with Crippen molar-refractivity contribution in [2.24, 2.45) is 11.8 Å². The van der Waals surface area contributed by atoms with Gasteiger partial charge in [0.25, 0.3) is 0 Å². The Bertz CT molecular complexity index is 917. The van der Waals surface area contributed by atoms with Crippen LogP contribution in [0.15, 0.2) is 12.2 Å². The smallest absolute Gasteiger partial charge is 0.339 e. The molecule has 2 heterocycles. The molecule has 0 saturated carbocycles. The Labute approximate surface area is 173 Å². The van der Waals surface area contributed by atoms with Crippen LogP contribution in [0.2, 0.25) is 0 Å². The highest BCUT2D eigenvalue weighted by Crippen LogP contribution is 2.35. The number of rotatable bonds is 7. The number of amides is 2. The predicted octanol–water partition coefficient (Wildman–Crippen LogP) is 1.49. The lowest BCUT2D eigenvalue weighted by molar-refractivity contribution is -0.145. The molecular formula is C21H24N2O7. The lowest BCUT2D eigenvalue weighted by Gasteiger charge is -2.14. The number of likely N-dealkylation sites (tertiary alicyclic amines) is 1. The van der Waals surface area contributed by atoms with Crippen LogP contribution in [0.4, 0.5) is 0 Å².